The highest BCUT2D eigenvalue weighted by molar-refractivity contribution is 5.98. The van der Waals surface area contributed by atoms with Crippen molar-refractivity contribution in [2.24, 2.45) is 0 Å². The van der Waals surface area contributed by atoms with Gasteiger partial charge in [0.25, 0.3) is 5.91 Å². The summed E-state index contributed by atoms with van der Waals surface area (Å²) in [5, 5.41) is 5.70. The molecule has 0 aromatic heterocycles. The minimum absolute atomic E-state index is 0.136. The summed E-state index contributed by atoms with van der Waals surface area (Å²) in [5.74, 6) is 0.136. The molecule has 1 N–H and O–H groups in total. The van der Waals surface area contributed by atoms with E-state index in [1.165, 1.54) is 5.39 Å². The zero-order valence-electron chi connectivity index (χ0n) is 12.0. The van der Waals surface area contributed by atoms with Crippen molar-refractivity contribution in [3.63, 3.8) is 0 Å². The van der Waals surface area contributed by atoms with Gasteiger partial charge in [0.15, 0.2) is 0 Å². The maximum Gasteiger partial charge on any atom is 0.254 e. The molecule has 1 aliphatic heterocycles. The first-order chi connectivity index (χ1) is 9.65. The van der Waals surface area contributed by atoms with Crippen LogP contribution in [0.25, 0.3) is 10.8 Å². The van der Waals surface area contributed by atoms with E-state index in [2.05, 4.69) is 31.3 Å². The van der Waals surface area contributed by atoms with Gasteiger partial charge in [-0.2, -0.15) is 0 Å². The molecule has 1 heterocycles. The molecule has 1 fully saturated rings. The molecule has 104 valence electrons. The van der Waals surface area contributed by atoms with Crippen molar-refractivity contribution in [3.8, 4) is 0 Å². The molecule has 2 aromatic rings. The van der Waals surface area contributed by atoms with Crippen LogP contribution in [0.4, 0.5) is 0 Å². The lowest BCUT2D eigenvalue weighted by Gasteiger charge is -2.37. The second-order valence-electron chi connectivity index (χ2n) is 5.68. The van der Waals surface area contributed by atoms with Crippen LogP contribution >= 0.6 is 0 Å². The van der Waals surface area contributed by atoms with Crippen LogP contribution in [-0.2, 0) is 0 Å². The number of carbonyl (C=O) groups is 1. The third-order valence-electron chi connectivity index (χ3n) is 4.02. The average molecular weight is 268 g/mol. The Kier molecular flexibility index (Phi) is 3.45. The van der Waals surface area contributed by atoms with Crippen molar-refractivity contribution in [3.05, 3.63) is 48.0 Å². The molecule has 1 amide bonds. The number of hydrogen-bond donors (Lipinski definition) is 1. The number of fused-ring (bicyclic) bond motifs is 1. The van der Waals surface area contributed by atoms with Crippen molar-refractivity contribution in [1.82, 2.24) is 10.2 Å². The van der Waals surface area contributed by atoms with E-state index in [9.17, 15) is 4.79 Å². The van der Waals surface area contributed by atoms with Gasteiger partial charge >= 0.3 is 0 Å². The number of piperazine rings is 1. The highest BCUT2D eigenvalue weighted by atomic mass is 16.2. The first-order valence-corrected chi connectivity index (χ1v) is 7.18. The Morgan fingerprint density at radius 2 is 1.90 bits per heavy atom. The molecule has 20 heavy (non-hydrogen) atoms. The number of nitrogens with one attached hydrogen (secondary N) is 1. The highest BCUT2D eigenvalue weighted by Gasteiger charge is 2.27. The fourth-order valence-corrected chi connectivity index (χ4v) is 2.79. The lowest BCUT2D eigenvalue weighted by Crippen LogP contribution is -2.56. The Hall–Kier alpha value is -1.87. The van der Waals surface area contributed by atoms with Gasteiger partial charge in [-0.1, -0.05) is 30.3 Å². The molecule has 3 nitrogen and oxygen atoms in total. The van der Waals surface area contributed by atoms with Crippen LogP contribution in [0.5, 0.6) is 0 Å². The van der Waals surface area contributed by atoms with Gasteiger partial charge < -0.3 is 10.2 Å². The normalized spacial score (nSPS) is 23.0. The van der Waals surface area contributed by atoms with Gasteiger partial charge in [-0.3, -0.25) is 4.79 Å². The number of hydrogen-bond acceptors (Lipinski definition) is 2. The Bertz CT molecular complexity index is 638. The Balaban J connectivity index is 1.91. The molecule has 0 radical (unpaired) electrons. The van der Waals surface area contributed by atoms with E-state index in [0.717, 1.165) is 24.0 Å². The summed E-state index contributed by atoms with van der Waals surface area (Å²) in [6, 6.07) is 14.7. The predicted octanol–water partition coefficient (Wildman–Crippen LogP) is 2.66. The molecule has 0 aliphatic carbocycles. The third-order valence-corrected chi connectivity index (χ3v) is 4.02. The molecule has 2 atom stereocenters. The van der Waals surface area contributed by atoms with Crippen LogP contribution in [0.1, 0.15) is 24.2 Å². The monoisotopic (exact) mass is 268 g/mol. The highest BCUT2D eigenvalue weighted by Crippen LogP contribution is 2.18. The van der Waals surface area contributed by atoms with Crippen LogP contribution in [-0.4, -0.2) is 36.0 Å². The van der Waals surface area contributed by atoms with Crippen molar-refractivity contribution in [2.75, 3.05) is 13.1 Å². The average Bonchev–Trinajstić information content (AvgIpc) is 2.48. The second-order valence-corrected chi connectivity index (χ2v) is 5.68. The maximum atomic E-state index is 12.7. The molecule has 1 aliphatic rings. The summed E-state index contributed by atoms with van der Waals surface area (Å²) >= 11 is 0. The molecule has 2 aromatic carbocycles. The Morgan fingerprint density at radius 1 is 1.15 bits per heavy atom. The quantitative estimate of drug-likeness (QED) is 0.862. The standard InChI is InChI=1S/C17H20N2O/c1-12-11-19(13(2)10-18-12)17(20)16-8-7-14-5-3-4-6-15(14)9-16/h3-9,12-13,18H,10-11H2,1-2H3. The van der Waals surface area contributed by atoms with Gasteiger partial charge in [0.1, 0.15) is 0 Å². The van der Waals surface area contributed by atoms with Crippen LogP contribution in [0.2, 0.25) is 0 Å². The molecule has 2 unspecified atom stereocenters. The fourth-order valence-electron chi connectivity index (χ4n) is 2.79. The molecular weight excluding hydrogens is 248 g/mol. The molecule has 3 heteroatoms. The van der Waals surface area contributed by atoms with E-state index in [1.54, 1.807) is 0 Å². The van der Waals surface area contributed by atoms with Gasteiger partial charge in [-0.15, -0.1) is 0 Å². The zero-order valence-corrected chi connectivity index (χ0v) is 12.0. The smallest absolute Gasteiger partial charge is 0.254 e. The predicted molar refractivity (Wildman–Crippen MR) is 81.9 cm³/mol. The van der Waals surface area contributed by atoms with Crippen molar-refractivity contribution in [1.29, 1.82) is 0 Å². The molecular formula is C17H20N2O. The summed E-state index contributed by atoms with van der Waals surface area (Å²) in [5.41, 5.74) is 0.782. The minimum atomic E-state index is 0.136. The van der Waals surface area contributed by atoms with Gasteiger partial charge in [-0.05, 0) is 36.8 Å². The van der Waals surface area contributed by atoms with E-state index in [0.29, 0.717) is 6.04 Å². The van der Waals surface area contributed by atoms with Crippen LogP contribution in [0.3, 0.4) is 0 Å². The number of amides is 1. The van der Waals surface area contributed by atoms with Crippen LogP contribution < -0.4 is 5.32 Å². The zero-order chi connectivity index (χ0) is 14.1. The van der Waals surface area contributed by atoms with Gasteiger partial charge in [-0.25, -0.2) is 0 Å². The summed E-state index contributed by atoms with van der Waals surface area (Å²) in [6.07, 6.45) is 0. The van der Waals surface area contributed by atoms with Crippen LogP contribution in [0.15, 0.2) is 42.5 Å². The maximum absolute atomic E-state index is 12.7. The van der Waals surface area contributed by atoms with E-state index in [4.69, 9.17) is 0 Å². The molecule has 1 saturated heterocycles. The number of benzene rings is 2. The summed E-state index contributed by atoms with van der Waals surface area (Å²) in [6.45, 7) is 5.84. The van der Waals surface area contributed by atoms with Gasteiger partial charge in [0.05, 0.1) is 0 Å². The summed E-state index contributed by atoms with van der Waals surface area (Å²) < 4.78 is 0. The van der Waals surface area contributed by atoms with Crippen molar-refractivity contribution < 1.29 is 4.79 Å². The lowest BCUT2D eigenvalue weighted by atomic mass is 10.0. The molecule has 0 bridgehead atoms. The first kappa shape index (κ1) is 13.1. The van der Waals surface area contributed by atoms with E-state index in [1.807, 2.05) is 35.2 Å². The van der Waals surface area contributed by atoms with Crippen molar-refractivity contribution in [2.45, 2.75) is 25.9 Å². The largest absolute Gasteiger partial charge is 0.333 e. The first-order valence-electron chi connectivity index (χ1n) is 7.18. The SMILES string of the molecule is CC1CN(C(=O)c2ccc3ccccc3c2)C(C)CN1. The van der Waals surface area contributed by atoms with E-state index < -0.39 is 0 Å². The van der Waals surface area contributed by atoms with E-state index >= 15 is 0 Å². The summed E-state index contributed by atoms with van der Waals surface area (Å²) in [4.78, 5) is 14.7. The number of nitrogens with zero attached hydrogens (tertiary/aromatic N) is 1. The summed E-state index contributed by atoms with van der Waals surface area (Å²) in [7, 11) is 0. The number of rotatable bonds is 1. The third kappa shape index (κ3) is 2.41. The topological polar surface area (TPSA) is 32.3 Å². The molecule has 3 rings (SSSR count). The Labute approximate surface area is 119 Å². The fraction of sp³-hybridized carbons (Fsp3) is 0.353. The Morgan fingerprint density at radius 3 is 2.70 bits per heavy atom. The minimum Gasteiger partial charge on any atom is -0.333 e. The second kappa shape index (κ2) is 5.25. The van der Waals surface area contributed by atoms with Crippen LogP contribution in [0, 0.1) is 0 Å². The molecule has 0 saturated carbocycles. The van der Waals surface area contributed by atoms with Gasteiger partial charge in [0.2, 0.25) is 0 Å². The molecule has 0 spiro atoms. The van der Waals surface area contributed by atoms with E-state index in [-0.39, 0.29) is 11.9 Å². The lowest BCUT2D eigenvalue weighted by molar-refractivity contribution is 0.0616. The van der Waals surface area contributed by atoms with Gasteiger partial charge in [0, 0.05) is 30.7 Å². The number of carbonyl (C=O) groups excluding carboxylic acids is 1. The van der Waals surface area contributed by atoms with Crippen molar-refractivity contribution >= 4 is 16.7 Å².